The van der Waals surface area contributed by atoms with Crippen molar-refractivity contribution in [2.75, 3.05) is 38.9 Å². The van der Waals surface area contributed by atoms with Crippen LogP contribution in [0.4, 0.5) is 14.5 Å². The summed E-state index contributed by atoms with van der Waals surface area (Å²) in [5.74, 6) is -4.13. The molecule has 16 nitrogen and oxygen atoms in total. The summed E-state index contributed by atoms with van der Waals surface area (Å²) in [4.78, 5) is 68.1. The lowest BCUT2D eigenvalue weighted by atomic mass is 9.57. The van der Waals surface area contributed by atoms with Crippen LogP contribution in [-0.4, -0.2) is 95.8 Å². The van der Waals surface area contributed by atoms with Crippen LogP contribution in [0.1, 0.15) is 77.5 Å². The first-order valence-corrected chi connectivity index (χ1v) is 22.3. The van der Waals surface area contributed by atoms with Gasteiger partial charge in [-0.2, -0.15) is 0 Å². The van der Waals surface area contributed by atoms with E-state index in [-0.39, 0.29) is 72.7 Å². The molecule has 4 aliphatic rings. The molecule has 2 N–H and O–H groups in total. The van der Waals surface area contributed by atoms with Crippen LogP contribution in [0.5, 0.6) is 5.75 Å². The van der Waals surface area contributed by atoms with Crippen molar-refractivity contribution < 1.29 is 61.1 Å². The maximum atomic E-state index is 15.5. The Kier molecular flexibility index (Phi) is 15.7. The highest BCUT2D eigenvalue weighted by molar-refractivity contribution is 5.93. The van der Waals surface area contributed by atoms with Crippen LogP contribution in [0.25, 0.3) is 22.4 Å². The third-order valence-electron chi connectivity index (χ3n) is 12.9. The normalized spacial score (nSPS) is 24.9. The van der Waals surface area contributed by atoms with Crippen LogP contribution in [0, 0.1) is 47.1 Å². The number of nitrogens with one attached hydrogen (secondary N) is 2. The van der Waals surface area contributed by atoms with Gasteiger partial charge in [0.2, 0.25) is 12.2 Å². The summed E-state index contributed by atoms with van der Waals surface area (Å²) in [5.41, 5.74) is 1.90. The van der Waals surface area contributed by atoms with Gasteiger partial charge in [0.25, 0.3) is 0 Å². The highest BCUT2D eigenvalue weighted by Crippen LogP contribution is 2.51. The van der Waals surface area contributed by atoms with Crippen LogP contribution < -0.4 is 10.1 Å². The number of H-pyrrole nitrogens is 1. The van der Waals surface area contributed by atoms with Crippen molar-refractivity contribution >= 4 is 40.5 Å². The van der Waals surface area contributed by atoms with Gasteiger partial charge in [-0.1, -0.05) is 26.8 Å². The second-order valence-corrected chi connectivity index (χ2v) is 17.1. The SMILES string of the molecule is CCCOCCOCCC(=O)Nc1cc(COC(=O)[C@H]2C3CCC(CC3)[C@@H]2Cc2nc(-c3c[nH]c4ncc(F)cc34)ncc2F)ccc1O[C@@H]1O[C@H](C(=O)OC)[C@@H](OC(C)=O)[C@H](C)[C@H]1C. The molecule has 8 rings (SSSR count). The van der Waals surface area contributed by atoms with E-state index in [9.17, 15) is 23.6 Å². The minimum absolute atomic E-state index is 0.0197. The maximum Gasteiger partial charge on any atom is 0.339 e. The van der Waals surface area contributed by atoms with E-state index in [2.05, 4.69) is 25.3 Å². The van der Waals surface area contributed by atoms with Gasteiger partial charge in [-0.3, -0.25) is 14.4 Å². The van der Waals surface area contributed by atoms with Crippen LogP contribution in [0.3, 0.4) is 0 Å². The van der Waals surface area contributed by atoms with Crippen LogP contribution >= 0.6 is 0 Å². The Morgan fingerprint density at radius 2 is 1.68 bits per heavy atom. The topological polar surface area (TPSA) is 199 Å². The highest BCUT2D eigenvalue weighted by atomic mass is 19.1. The number of carbonyl (C=O) groups is 4. The average Bonchev–Trinajstić information content (AvgIpc) is 3.72. The van der Waals surface area contributed by atoms with Gasteiger partial charge in [-0.15, -0.1) is 0 Å². The molecule has 3 saturated carbocycles. The second-order valence-electron chi connectivity index (χ2n) is 17.1. The predicted octanol–water partition coefficient (Wildman–Crippen LogP) is 6.89. The largest absolute Gasteiger partial charge is 0.467 e. The van der Waals surface area contributed by atoms with E-state index in [1.54, 1.807) is 24.4 Å². The number of pyridine rings is 1. The molecular weight excluding hydrogens is 849 g/mol. The number of halogens is 2. The molecule has 65 heavy (non-hydrogen) atoms. The highest BCUT2D eigenvalue weighted by Gasteiger charge is 2.50. The summed E-state index contributed by atoms with van der Waals surface area (Å²) in [6, 6.07) is 6.28. The summed E-state index contributed by atoms with van der Waals surface area (Å²) in [5, 5.41) is 3.36. The van der Waals surface area contributed by atoms with Crippen LogP contribution in [0.15, 0.2) is 42.9 Å². The van der Waals surface area contributed by atoms with Crippen molar-refractivity contribution in [1.29, 1.82) is 0 Å². The van der Waals surface area contributed by atoms with Gasteiger partial charge in [-0.05, 0) is 80.0 Å². The molecule has 0 unspecified atom stereocenters. The zero-order valence-corrected chi connectivity index (χ0v) is 37.3. The van der Waals surface area contributed by atoms with Gasteiger partial charge in [0.1, 0.15) is 29.9 Å². The molecule has 0 radical (unpaired) electrons. The Labute approximate surface area is 375 Å². The molecule has 4 aromatic rings. The summed E-state index contributed by atoms with van der Waals surface area (Å²) < 4.78 is 69.6. The number of benzene rings is 1. The second kappa shape index (κ2) is 21.6. The van der Waals surface area contributed by atoms with E-state index in [4.69, 9.17) is 33.2 Å². The average molecular weight is 906 g/mol. The lowest BCUT2D eigenvalue weighted by Crippen LogP contribution is -2.55. The fourth-order valence-electron chi connectivity index (χ4n) is 9.35. The van der Waals surface area contributed by atoms with Crippen molar-refractivity contribution in [1.82, 2.24) is 19.9 Å². The van der Waals surface area contributed by atoms with E-state index in [1.165, 1.54) is 20.1 Å². The van der Waals surface area contributed by atoms with E-state index in [1.807, 2.05) is 20.8 Å². The van der Waals surface area contributed by atoms with Crippen molar-refractivity contribution in [2.45, 2.75) is 97.7 Å². The number of anilines is 1. The minimum atomic E-state index is -1.27. The minimum Gasteiger partial charge on any atom is -0.467 e. The molecule has 1 aliphatic heterocycles. The number of amides is 1. The third-order valence-corrected chi connectivity index (χ3v) is 12.9. The molecule has 4 fully saturated rings. The number of nitrogens with zero attached hydrogens (tertiary/aromatic N) is 3. The smallest absolute Gasteiger partial charge is 0.339 e. The summed E-state index contributed by atoms with van der Waals surface area (Å²) in [6.07, 6.45) is 5.20. The van der Waals surface area contributed by atoms with E-state index in [0.29, 0.717) is 42.0 Å². The Morgan fingerprint density at radius 3 is 2.42 bits per heavy atom. The number of carbonyl (C=O) groups excluding carboxylic acids is 4. The van der Waals surface area contributed by atoms with Gasteiger partial charge in [0, 0.05) is 42.5 Å². The number of rotatable bonds is 19. The summed E-state index contributed by atoms with van der Waals surface area (Å²) in [7, 11) is 1.21. The zero-order chi connectivity index (χ0) is 46.2. The van der Waals surface area contributed by atoms with Crippen LogP contribution in [0.2, 0.25) is 0 Å². The molecule has 4 heterocycles. The Hall–Kier alpha value is -5.59. The number of ether oxygens (including phenoxy) is 7. The number of methoxy groups -OCH3 is 1. The van der Waals surface area contributed by atoms with Crippen molar-refractivity contribution in [3.8, 4) is 17.1 Å². The summed E-state index contributed by atoms with van der Waals surface area (Å²) in [6.45, 7) is 8.27. The van der Waals surface area contributed by atoms with Gasteiger partial charge in [-0.25, -0.2) is 28.5 Å². The van der Waals surface area contributed by atoms with Gasteiger partial charge >= 0.3 is 17.9 Å². The predicted molar refractivity (Wildman–Crippen MR) is 230 cm³/mol. The van der Waals surface area contributed by atoms with Gasteiger partial charge < -0.3 is 43.5 Å². The molecule has 3 aliphatic carbocycles. The maximum absolute atomic E-state index is 15.5. The van der Waals surface area contributed by atoms with Crippen molar-refractivity contribution in [2.24, 2.45) is 35.5 Å². The first kappa shape index (κ1) is 47.4. The lowest BCUT2D eigenvalue weighted by molar-refractivity contribution is -0.243. The monoisotopic (exact) mass is 905 g/mol. The van der Waals surface area contributed by atoms with Gasteiger partial charge in [0.15, 0.2) is 17.7 Å². The van der Waals surface area contributed by atoms with E-state index < -0.39 is 65.8 Å². The van der Waals surface area contributed by atoms with Gasteiger partial charge in [0.05, 0.1) is 63.0 Å². The first-order valence-electron chi connectivity index (χ1n) is 22.3. The van der Waals surface area contributed by atoms with E-state index in [0.717, 1.165) is 44.5 Å². The Balaban J connectivity index is 1.08. The Bertz CT molecular complexity index is 2320. The standard InChI is InChI=1S/C47H57F2N5O11/c1-6-14-60-16-17-61-15-13-39(56)53-37-18-28(7-12-38(37)64-47-26(3)25(2)41(63-27(4)55)42(65-47)46(58)59-5)24-62-45(57)40-30-10-8-29(9-11-30)32(40)20-36-35(49)23-52-44(54-36)34-22-51-43-33(34)19-31(48)21-50-43/h7,12,18-19,21-23,25-26,29-30,32,40-42,47H,6,8-11,13-17,20,24H2,1-5H3,(H,50,51)(H,53,56)/t25-,26-,29?,30?,32+,40+,41+,42+,47-/m1/s1. The molecule has 1 amide bonds. The number of hydrogen-bond donors (Lipinski definition) is 2. The number of fused-ring (bicyclic) bond motifs is 4. The van der Waals surface area contributed by atoms with E-state index >= 15 is 4.39 Å². The fraction of sp³-hybridized carbons (Fsp3) is 0.553. The quantitative estimate of drug-likeness (QED) is 0.0560. The molecular formula is C47H57F2N5O11. The molecule has 3 aromatic heterocycles. The number of hydrogen-bond acceptors (Lipinski definition) is 14. The lowest BCUT2D eigenvalue weighted by Gasteiger charge is -2.47. The number of aromatic amines is 1. The molecule has 18 heteroatoms. The van der Waals surface area contributed by atoms with Crippen LogP contribution in [-0.2, 0) is 60.6 Å². The summed E-state index contributed by atoms with van der Waals surface area (Å²) >= 11 is 0. The third kappa shape index (κ3) is 11.3. The van der Waals surface area contributed by atoms with Crippen molar-refractivity contribution in [3.63, 3.8) is 0 Å². The van der Waals surface area contributed by atoms with Crippen molar-refractivity contribution in [3.05, 3.63) is 65.7 Å². The molecule has 2 bridgehead atoms. The fourth-order valence-corrected chi connectivity index (χ4v) is 9.35. The number of aromatic nitrogens is 4. The molecule has 1 aromatic carbocycles. The number of esters is 3. The molecule has 1 saturated heterocycles. The molecule has 350 valence electrons. The molecule has 0 spiro atoms. The first-order chi connectivity index (χ1) is 31.3. The Morgan fingerprint density at radius 1 is 0.923 bits per heavy atom. The molecule has 7 atom stereocenters. The zero-order valence-electron chi connectivity index (χ0n) is 37.3.